The molecule has 0 aliphatic heterocycles. The molecule has 1 saturated carbocycles. The average molecular weight is 249 g/mol. The molecule has 1 aromatic rings. The Morgan fingerprint density at radius 1 is 1.11 bits per heavy atom. The van der Waals surface area contributed by atoms with Crippen LogP contribution >= 0.6 is 0 Å². The van der Waals surface area contributed by atoms with Crippen LogP contribution in [0.4, 0.5) is 0 Å². The number of phenols is 2. The number of rotatable bonds is 2. The fourth-order valence-electron chi connectivity index (χ4n) is 2.91. The van der Waals surface area contributed by atoms with Crippen molar-refractivity contribution in [1.82, 2.24) is 5.32 Å². The van der Waals surface area contributed by atoms with Gasteiger partial charge in [-0.3, -0.25) is 0 Å². The monoisotopic (exact) mass is 249 g/mol. The maximum Gasteiger partial charge on any atom is 0.161 e. The van der Waals surface area contributed by atoms with Crippen molar-refractivity contribution in [2.45, 2.75) is 50.3 Å². The van der Waals surface area contributed by atoms with Crippen LogP contribution in [-0.2, 0) is 6.42 Å². The molecule has 18 heavy (non-hydrogen) atoms. The van der Waals surface area contributed by atoms with Crippen molar-refractivity contribution >= 4 is 0 Å². The zero-order valence-electron chi connectivity index (χ0n) is 10.3. The maximum absolute atomic E-state index is 10.3. The molecule has 3 rings (SSSR count). The van der Waals surface area contributed by atoms with E-state index in [1.54, 1.807) is 6.07 Å². The lowest BCUT2D eigenvalue weighted by Crippen LogP contribution is -2.46. The molecule has 1 fully saturated rings. The Labute approximate surface area is 106 Å². The first kappa shape index (κ1) is 11.8. The zero-order valence-corrected chi connectivity index (χ0v) is 10.3. The molecule has 0 heterocycles. The Kier molecular flexibility index (Phi) is 2.92. The Hall–Kier alpha value is -1.26. The Bertz CT molecular complexity index is 457. The minimum Gasteiger partial charge on any atom is -0.504 e. The van der Waals surface area contributed by atoms with Crippen molar-refractivity contribution < 1.29 is 15.3 Å². The van der Waals surface area contributed by atoms with Crippen molar-refractivity contribution in [3.63, 3.8) is 0 Å². The van der Waals surface area contributed by atoms with E-state index in [0.29, 0.717) is 18.0 Å². The molecule has 0 saturated heterocycles. The summed E-state index contributed by atoms with van der Waals surface area (Å²) in [5, 5.41) is 33.1. The molecule has 1 aromatic carbocycles. The molecule has 2 aliphatic rings. The van der Waals surface area contributed by atoms with E-state index in [1.165, 1.54) is 25.3 Å². The number of benzene rings is 1. The molecule has 0 amide bonds. The predicted octanol–water partition coefficient (Wildman–Crippen LogP) is 1.59. The third-order valence-corrected chi connectivity index (χ3v) is 4.26. The van der Waals surface area contributed by atoms with Gasteiger partial charge < -0.3 is 20.6 Å². The molecule has 2 aliphatic carbocycles. The van der Waals surface area contributed by atoms with Crippen LogP contribution in [0.1, 0.15) is 42.9 Å². The second-order valence-corrected chi connectivity index (χ2v) is 5.39. The summed E-state index contributed by atoms with van der Waals surface area (Å²) >= 11 is 0. The minimum atomic E-state index is -0.596. The third kappa shape index (κ3) is 1.85. The number of aromatic hydroxyl groups is 2. The number of hydrogen-bond acceptors (Lipinski definition) is 4. The molecule has 4 nitrogen and oxygen atoms in total. The number of fused-ring (bicyclic) bond motifs is 1. The lowest BCUT2D eigenvalue weighted by Gasteiger charge is -2.37. The van der Waals surface area contributed by atoms with Gasteiger partial charge in [0, 0.05) is 17.6 Å². The van der Waals surface area contributed by atoms with Gasteiger partial charge in [-0.1, -0.05) is 12.5 Å². The van der Waals surface area contributed by atoms with E-state index in [-0.39, 0.29) is 17.5 Å². The van der Waals surface area contributed by atoms with Crippen LogP contribution in [0.3, 0.4) is 0 Å². The van der Waals surface area contributed by atoms with Gasteiger partial charge in [0.2, 0.25) is 0 Å². The van der Waals surface area contributed by atoms with E-state index in [1.807, 2.05) is 0 Å². The molecular weight excluding hydrogens is 230 g/mol. The quantitative estimate of drug-likeness (QED) is 0.601. The lowest BCUT2D eigenvalue weighted by molar-refractivity contribution is 0.0984. The summed E-state index contributed by atoms with van der Waals surface area (Å²) < 4.78 is 0. The highest BCUT2D eigenvalue weighted by Gasteiger charge is 2.32. The molecule has 2 unspecified atom stereocenters. The topological polar surface area (TPSA) is 72.7 Å². The number of hydrogen-bond donors (Lipinski definition) is 4. The van der Waals surface area contributed by atoms with Crippen LogP contribution in [0.5, 0.6) is 11.5 Å². The van der Waals surface area contributed by atoms with Gasteiger partial charge in [-0.25, -0.2) is 0 Å². The third-order valence-electron chi connectivity index (χ3n) is 4.26. The number of phenolic OH excluding ortho intramolecular Hbond substituents is 2. The second kappa shape index (κ2) is 4.44. The van der Waals surface area contributed by atoms with Crippen molar-refractivity contribution in [3.05, 3.63) is 23.3 Å². The van der Waals surface area contributed by atoms with Crippen LogP contribution in [0.25, 0.3) is 0 Å². The molecule has 2 atom stereocenters. The summed E-state index contributed by atoms with van der Waals surface area (Å²) in [6.45, 7) is 0. The largest absolute Gasteiger partial charge is 0.504 e. The van der Waals surface area contributed by atoms with Crippen LogP contribution in [0, 0.1) is 0 Å². The SMILES string of the molecule is Oc1ccc2c(c1O)CCC(NC1CCC1)C2O. The summed E-state index contributed by atoms with van der Waals surface area (Å²) in [6.07, 6.45) is 4.54. The number of nitrogens with one attached hydrogen (secondary N) is 1. The normalized spacial score (nSPS) is 27.6. The van der Waals surface area contributed by atoms with Gasteiger partial charge in [0.25, 0.3) is 0 Å². The summed E-state index contributed by atoms with van der Waals surface area (Å²) in [5.74, 6) is -0.181. The first-order valence-electron chi connectivity index (χ1n) is 6.64. The molecule has 0 aromatic heterocycles. The molecule has 98 valence electrons. The van der Waals surface area contributed by atoms with Gasteiger partial charge in [-0.2, -0.15) is 0 Å². The Balaban J connectivity index is 1.82. The highest BCUT2D eigenvalue weighted by atomic mass is 16.3. The van der Waals surface area contributed by atoms with Crippen LogP contribution in [0.15, 0.2) is 12.1 Å². The summed E-state index contributed by atoms with van der Waals surface area (Å²) in [7, 11) is 0. The van der Waals surface area contributed by atoms with Crippen LogP contribution in [0.2, 0.25) is 0 Å². The zero-order chi connectivity index (χ0) is 12.7. The summed E-state index contributed by atoms with van der Waals surface area (Å²) in [4.78, 5) is 0. The van der Waals surface area contributed by atoms with Gasteiger partial charge in [0.05, 0.1) is 6.10 Å². The Morgan fingerprint density at radius 3 is 2.56 bits per heavy atom. The van der Waals surface area contributed by atoms with E-state index >= 15 is 0 Å². The van der Waals surface area contributed by atoms with Gasteiger partial charge in [0.1, 0.15) is 0 Å². The molecule has 4 N–H and O–H groups in total. The molecule has 0 bridgehead atoms. The van der Waals surface area contributed by atoms with E-state index in [9.17, 15) is 15.3 Å². The van der Waals surface area contributed by atoms with Crippen molar-refractivity contribution in [1.29, 1.82) is 0 Å². The standard InChI is InChI=1S/C14H19NO3/c16-12-7-5-9-10(14(12)18)4-6-11(13(9)17)15-8-2-1-3-8/h5,7-8,11,13,15-18H,1-4,6H2. The van der Waals surface area contributed by atoms with Gasteiger partial charge in [-0.15, -0.1) is 0 Å². The molecule has 0 radical (unpaired) electrons. The maximum atomic E-state index is 10.3. The smallest absolute Gasteiger partial charge is 0.161 e. The van der Waals surface area contributed by atoms with Crippen LogP contribution in [-0.4, -0.2) is 27.4 Å². The van der Waals surface area contributed by atoms with E-state index < -0.39 is 6.10 Å². The van der Waals surface area contributed by atoms with E-state index in [4.69, 9.17) is 0 Å². The van der Waals surface area contributed by atoms with E-state index in [0.717, 1.165) is 12.0 Å². The van der Waals surface area contributed by atoms with Gasteiger partial charge in [-0.05, 0) is 37.3 Å². The highest BCUT2D eigenvalue weighted by Crippen LogP contribution is 2.40. The fraction of sp³-hybridized carbons (Fsp3) is 0.571. The average Bonchev–Trinajstić information content (AvgIpc) is 2.31. The molecule has 0 spiro atoms. The first-order chi connectivity index (χ1) is 8.66. The highest BCUT2D eigenvalue weighted by molar-refractivity contribution is 5.51. The van der Waals surface area contributed by atoms with Crippen molar-refractivity contribution in [2.24, 2.45) is 0 Å². The lowest BCUT2D eigenvalue weighted by atomic mass is 9.83. The Morgan fingerprint density at radius 2 is 1.89 bits per heavy atom. The summed E-state index contributed by atoms with van der Waals surface area (Å²) in [6, 6.07) is 3.76. The number of aliphatic hydroxyl groups excluding tert-OH is 1. The van der Waals surface area contributed by atoms with E-state index in [2.05, 4.69) is 5.32 Å². The van der Waals surface area contributed by atoms with Gasteiger partial charge in [0.15, 0.2) is 11.5 Å². The molecular formula is C14H19NO3. The van der Waals surface area contributed by atoms with Crippen molar-refractivity contribution in [2.75, 3.05) is 0 Å². The fourth-order valence-corrected chi connectivity index (χ4v) is 2.91. The van der Waals surface area contributed by atoms with Crippen LogP contribution < -0.4 is 5.32 Å². The second-order valence-electron chi connectivity index (χ2n) is 5.39. The minimum absolute atomic E-state index is 0.0618. The predicted molar refractivity (Wildman–Crippen MR) is 67.6 cm³/mol. The van der Waals surface area contributed by atoms with Gasteiger partial charge >= 0.3 is 0 Å². The first-order valence-corrected chi connectivity index (χ1v) is 6.64. The summed E-state index contributed by atoms with van der Waals surface area (Å²) in [5.41, 5.74) is 1.43. The number of aliphatic hydroxyl groups is 1. The molecule has 4 heteroatoms. The van der Waals surface area contributed by atoms with Crippen molar-refractivity contribution in [3.8, 4) is 11.5 Å².